The number of benzene rings is 1. The predicted octanol–water partition coefficient (Wildman–Crippen LogP) is 0.914. The standard InChI is InChI=1S/C16H23N3O2/c1-11-2-5-14(15(18)20)10-19(11)16(21)13-6-3-12(4-7-13)8-9-17/h3-4,6-7,11,14H,2,5,8-10,17H2,1H3,(H2,18,20). The number of likely N-dealkylation sites (tertiary alicyclic amines) is 1. The van der Waals surface area contributed by atoms with Crippen LogP contribution in [0.15, 0.2) is 24.3 Å². The molecule has 1 aromatic carbocycles. The van der Waals surface area contributed by atoms with Gasteiger partial charge in [0.05, 0.1) is 5.92 Å². The van der Waals surface area contributed by atoms with Gasteiger partial charge in [-0.3, -0.25) is 9.59 Å². The van der Waals surface area contributed by atoms with Crippen LogP contribution in [0, 0.1) is 5.92 Å². The SMILES string of the molecule is CC1CCC(C(N)=O)CN1C(=O)c1ccc(CCN)cc1. The third-order valence-corrected chi connectivity index (χ3v) is 4.18. The average molecular weight is 289 g/mol. The van der Waals surface area contributed by atoms with E-state index in [1.54, 1.807) is 4.90 Å². The summed E-state index contributed by atoms with van der Waals surface area (Å²) in [5, 5.41) is 0. The van der Waals surface area contributed by atoms with Crippen molar-refractivity contribution in [2.24, 2.45) is 17.4 Å². The van der Waals surface area contributed by atoms with E-state index in [4.69, 9.17) is 11.5 Å². The van der Waals surface area contributed by atoms with Gasteiger partial charge in [0.1, 0.15) is 0 Å². The number of amides is 2. The van der Waals surface area contributed by atoms with Crippen LogP contribution < -0.4 is 11.5 Å². The van der Waals surface area contributed by atoms with E-state index in [1.807, 2.05) is 31.2 Å². The Morgan fingerprint density at radius 1 is 1.24 bits per heavy atom. The van der Waals surface area contributed by atoms with Crippen molar-refractivity contribution in [3.05, 3.63) is 35.4 Å². The number of rotatable bonds is 4. The van der Waals surface area contributed by atoms with Gasteiger partial charge in [0.25, 0.3) is 5.91 Å². The third kappa shape index (κ3) is 3.61. The summed E-state index contributed by atoms with van der Waals surface area (Å²) < 4.78 is 0. The van der Waals surface area contributed by atoms with Gasteiger partial charge >= 0.3 is 0 Å². The molecular weight excluding hydrogens is 266 g/mol. The number of hydrogen-bond donors (Lipinski definition) is 2. The van der Waals surface area contributed by atoms with E-state index in [0.29, 0.717) is 18.7 Å². The Morgan fingerprint density at radius 3 is 2.48 bits per heavy atom. The van der Waals surface area contributed by atoms with Crippen molar-refractivity contribution >= 4 is 11.8 Å². The Hall–Kier alpha value is -1.88. The molecule has 21 heavy (non-hydrogen) atoms. The molecule has 1 heterocycles. The topological polar surface area (TPSA) is 89.4 Å². The van der Waals surface area contributed by atoms with Crippen molar-refractivity contribution in [1.29, 1.82) is 0 Å². The molecule has 1 saturated heterocycles. The molecule has 114 valence electrons. The fourth-order valence-corrected chi connectivity index (χ4v) is 2.77. The lowest BCUT2D eigenvalue weighted by atomic mass is 9.92. The average Bonchev–Trinajstić information content (AvgIpc) is 2.48. The molecule has 0 bridgehead atoms. The van der Waals surface area contributed by atoms with Crippen molar-refractivity contribution in [1.82, 2.24) is 4.90 Å². The van der Waals surface area contributed by atoms with Gasteiger partial charge in [-0.15, -0.1) is 0 Å². The highest BCUT2D eigenvalue weighted by Gasteiger charge is 2.31. The summed E-state index contributed by atoms with van der Waals surface area (Å²) in [6.45, 7) is 3.02. The molecule has 2 rings (SSSR count). The zero-order valence-corrected chi connectivity index (χ0v) is 12.4. The Kier molecular flexibility index (Phi) is 4.96. The Labute approximate surface area is 125 Å². The van der Waals surface area contributed by atoms with Crippen molar-refractivity contribution < 1.29 is 9.59 Å². The molecule has 1 fully saturated rings. The molecule has 0 aromatic heterocycles. The molecule has 1 aliphatic rings. The largest absolute Gasteiger partial charge is 0.369 e. The molecule has 5 nitrogen and oxygen atoms in total. The molecule has 5 heteroatoms. The number of carbonyl (C=O) groups excluding carboxylic acids is 2. The van der Waals surface area contributed by atoms with E-state index in [1.165, 1.54) is 0 Å². The summed E-state index contributed by atoms with van der Waals surface area (Å²) in [5.41, 5.74) is 12.7. The van der Waals surface area contributed by atoms with Gasteiger partial charge in [-0.05, 0) is 50.4 Å². The van der Waals surface area contributed by atoms with Crippen molar-refractivity contribution in [3.63, 3.8) is 0 Å². The Bertz CT molecular complexity index is 513. The van der Waals surface area contributed by atoms with Crippen LogP contribution in [0.3, 0.4) is 0 Å². The lowest BCUT2D eigenvalue weighted by Gasteiger charge is -2.37. The van der Waals surface area contributed by atoms with Gasteiger partial charge in [0.2, 0.25) is 5.91 Å². The molecule has 2 atom stereocenters. The van der Waals surface area contributed by atoms with E-state index in [2.05, 4.69) is 0 Å². The highest BCUT2D eigenvalue weighted by atomic mass is 16.2. The second kappa shape index (κ2) is 6.72. The highest BCUT2D eigenvalue weighted by Crippen LogP contribution is 2.23. The third-order valence-electron chi connectivity index (χ3n) is 4.18. The first-order chi connectivity index (χ1) is 10.0. The minimum atomic E-state index is -0.321. The van der Waals surface area contributed by atoms with Crippen LogP contribution in [-0.4, -0.2) is 35.8 Å². The van der Waals surface area contributed by atoms with Crippen molar-refractivity contribution in [2.75, 3.05) is 13.1 Å². The van der Waals surface area contributed by atoms with Crippen LogP contribution >= 0.6 is 0 Å². The molecule has 0 spiro atoms. The summed E-state index contributed by atoms with van der Waals surface area (Å²) in [6, 6.07) is 7.65. The van der Waals surface area contributed by atoms with Crippen LogP contribution in [0.2, 0.25) is 0 Å². The number of nitrogens with two attached hydrogens (primary N) is 2. The first-order valence-corrected chi connectivity index (χ1v) is 7.42. The molecule has 1 aliphatic heterocycles. The second-order valence-corrected chi connectivity index (χ2v) is 5.72. The van der Waals surface area contributed by atoms with E-state index >= 15 is 0 Å². The summed E-state index contributed by atoms with van der Waals surface area (Å²) in [4.78, 5) is 25.7. The first kappa shape index (κ1) is 15.5. The molecular formula is C16H23N3O2. The van der Waals surface area contributed by atoms with Crippen LogP contribution in [-0.2, 0) is 11.2 Å². The maximum Gasteiger partial charge on any atom is 0.254 e. The Morgan fingerprint density at radius 2 is 1.90 bits per heavy atom. The van der Waals surface area contributed by atoms with Crippen LogP contribution in [0.4, 0.5) is 0 Å². The van der Waals surface area contributed by atoms with Crippen LogP contribution in [0.1, 0.15) is 35.7 Å². The quantitative estimate of drug-likeness (QED) is 0.863. The molecule has 0 aliphatic carbocycles. The van der Waals surface area contributed by atoms with Crippen LogP contribution in [0.5, 0.6) is 0 Å². The molecule has 0 saturated carbocycles. The maximum atomic E-state index is 12.6. The van der Waals surface area contributed by atoms with Gasteiger partial charge in [-0.1, -0.05) is 12.1 Å². The summed E-state index contributed by atoms with van der Waals surface area (Å²) >= 11 is 0. The number of hydrogen-bond acceptors (Lipinski definition) is 3. The number of carbonyl (C=O) groups is 2. The van der Waals surface area contributed by atoms with Gasteiger partial charge in [-0.25, -0.2) is 0 Å². The van der Waals surface area contributed by atoms with E-state index in [9.17, 15) is 9.59 Å². The Balaban J connectivity index is 2.11. The smallest absolute Gasteiger partial charge is 0.254 e. The fraction of sp³-hybridized carbons (Fsp3) is 0.500. The minimum Gasteiger partial charge on any atom is -0.369 e. The molecule has 2 amide bonds. The molecule has 0 radical (unpaired) electrons. The van der Waals surface area contributed by atoms with Gasteiger partial charge in [0, 0.05) is 18.2 Å². The monoisotopic (exact) mass is 289 g/mol. The lowest BCUT2D eigenvalue weighted by molar-refractivity contribution is -0.123. The highest BCUT2D eigenvalue weighted by molar-refractivity contribution is 5.95. The van der Waals surface area contributed by atoms with Gasteiger partial charge in [0.15, 0.2) is 0 Å². The van der Waals surface area contributed by atoms with Gasteiger partial charge in [-0.2, -0.15) is 0 Å². The lowest BCUT2D eigenvalue weighted by Crippen LogP contribution is -2.48. The summed E-state index contributed by atoms with van der Waals surface area (Å²) in [7, 11) is 0. The minimum absolute atomic E-state index is 0.0345. The zero-order valence-electron chi connectivity index (χ0n) is 12.4. The number of nitrogens with zero attached hydrogens (tertiary/aromatic N) is 1. The number of piperidine rings is 1. The first-order valence-electron chi connectivity index (χ1n) is 7.42. The van der Waals surface area contributed by atoms with Crippen molar-refractivity contribution in [3.8, 4) is 0 Å². The van der Waals surface area contributed by atoms with Gasteiger partial charge < -0.3 is 16.4 Å². The summed E-state index contributed by atoms with van der Waals surface area (Å²) in [5.74, 6) is -0.590. The van der Waals surface area contributed by atoms with E-state index in [0.717, 1.165) is 24.8 Å². The maximum absolute atomic E-state index is 12.6. The van der Waals surface area contributed by atoms with Crippen molar-refractivity contribution in [2.45, 2.75) is 32.2 Å². The van der Waals surface area contributed by atoms with E-state index in [-0.39, 0.29) is 23.8 Å². The van der Waals surface area contributed by atoms with Crippen LogP contribution in [0.25, 0.3) is 0 Å². The summed E-state index contributed by atoms with van der Waals surface area (Å²) in [6.07, 6.45) is 2.37. The molecule has 1 aromatic rings. The zero-order chi connectivity index (χ0) is 15.4. The fourth-order valence-electron chi connectivity index (χ4n) is 2.77. The molecule has 4 N–H and O–H groups in total. The normalized spacial score (nSPS) is 22.1. The van der Waals surface area contributed by atoms with E-state index < -0.39 is 0 Å². The second-order valence-electron chi connectivity index (χ2n) is 5.72. The predicted molar refractivity (Wildman–Crippen MR) is 81.6 cm³/mol. The molecule has 2 unspecified atom stereocenters. The number of primary amides is 1.